The van der Waals surface area contributed by atoms with Crippen molar-refractivity contribution in [3.8, 4) is 0 Å². The van der Waals surface area contributed by atoms with Crippen LogP contribution in [0.5, 0.6) is 0 Å². The summed E-state index contributed by atoms with van der Waals surface area (Å²) in [6, 6.07) is 0. The third kappa shape index (κ3) is 1.50. The average Bonchev–Trinajstić information content (AvgIpc) is 1.90. The highest BCUT2D eigenvalue weighted by Crippen LogP contribution is 2.05. The van der Waals surface area contributed by atoms with Crippen molar-refractivity contribution in [3.05, 3.63) is 17.2 Å². The topological polar surface area (TPSA) is 52.9 Å². The zero-order valence-corrected chi connectivity index (χ0v) is 4.90. The van der Waals surface area contributed by atoms with Gasteiger partial charge in [-0.15, -0.1) is 4.91 Å². The highest BCUT2D eigenvalue weighted by atomic mass is 16.3. The minimum atomic E-state index is -0.400. The molecule has 1 atom stereocenters. The van der Waals surface area contributed by atoms with Crippen molar-refractivity contribution in [2.24, 2.45) is 5.29 Å². The van der Waals surface area contributed by atoms with E-state index in [1.54, 1.807) is 6.08 Å². The Bertz CT molecular complexity index is 135. The predicted molar refractivity (Wildman–Crippen MR) is 32.3 cm³/mol. The molecular weight excluding hydrogens is 120 g/mol. The number of aliphatic hydroxyl groups is 1. The lowest BCUT2D eigenvalue weighted by atomic mass is 10.2. The van der Waals surface area contributed by atoms with Crippen LogP contribution in [0.15, 0.2) is 17.6 Å². The molecule has 0 saturated carbocycles. The molecule has 0 spiro atoms. The molecule has 0 amide bonds. The lowest BCUT2D eigenvalue weighted by Crippen LogP contribution is -2.21. The van der Waals surface area contributed by atoms with Crippen LogP contribution in [0, 0.1) is 4.91 Å². The number of hydrogen-bond donors (Lipinski definition) is 1. The first kappa shape index (κ1) is 6.22. The number of aliphatic hydroxyl groups excluding tert-OH is 1. The quantitative estimate of drug-likeness (QED) is 0.515. The van der Waals surface area contributed by atoms with Gasteiger partial charge < -0.3 is 5.11 Å². The second kappa shape index (κ2) is 2.59. The molecule has 1 aliphatic rings. The summed E-state index contributed by atoms with van der Waals surface area (Å²) >= 11 is 0. The fourth-order valence-corrected chi connectivity index (χ4v) is 0.702. The molecule has 9 heavy (non-hydrogen) atoms. The largest absolute Gasteiger partial charge is 0.389 e. The molecule has 4 nitrogen and oxygen atoms in total. The summed E-state index contributed by atoms with van der Waals surface area (Å²) in [5, 5.41) is 12.8. The number of rotatable bonds is 1. The molecule has 0 aliphatic carbocycles. The SMILES string of the molecule is O=NN1C=CC(O)CC1. The first-order chi connectivity index (χ1) is 4.33. The normalized spacial score (nSPS) is 26.3. The Morgan fingerprint density at radius 3 is 3.00 bits per heavy atom. The van der Waals surface area contributed by atoms with Gasteiger partial charge in [-0.05, 0) is 12.5 Å². The van der Waals surface area contributed by atoms with Crippen molar-refractivity contribution in [2.45, 2.75) is 12.5 Å². The fourth-order valence-electron chi connectivity index (χ4n) is 0.702. The monoisotopic (exact) mass is 128 g/mol. The fraction of sp³-hybridized carbons (Fsp3) is 0.600. The van der Waals surface area contributed by atoms with Gasteiger partial charge in [0.25, 0.3) is 0 Å². The van der Waals surface area contributed by atoms with Gasteiger partial charge in [0.1, 0.15) is 0 Å². The molecule has 0 aromatic heterocycles. The minimum absolute atomic E-state index is 0.400. The molecule has 1 N–H and O–H groups in total. The van der Waals surface area contributed by atoms with E-state index in [0.717, 1.165) is 0 Å². The second-order valence-electron chi connectivity index (χ2n) is 1.94. The van der Waals surface area contributed by atoms with Gasteiger partial charge in [-0.3, -0.25) is 0 Å². The van der Waals surface area contributed by atoms with Crippen LogP contribution in [0.2, 0.25) is 0 Å². The first-order valence-electron chi connectivity index (χ1n) is 2.79. The molecule has 4 heteroatoms. The zero-order chi connectivity index (χ0) is 6.69. The van der Waals surface area contributed by atoms with E-state index in [0.29, 0.717) is 13.0 Å². The average molecular weight is 128 g/mol. The molecule has 0 radical (unpaired) electrons. The van der Waals surface area contributed by atoms with E-state index in [4.69, 9.17) is 5.11 Å². The Hall–Kier alpha value is -0.900. The molecule has 0 aromatic rings. The van der Waals surface area contributed by atoms with Crippen molar-refractivity contribution in [1.29, 1.82) is 0 Å². The van der Waals surface area contributed by atoms with E-state index in [1.807, 2.05) is 0 Å². The van der Waals surface area contributed by atoms with Crippen LogP contribution < -0.4 is 0 Å². The summed E-state index contributed by atoms with van der Waals surface area (Å²) in [6.07, 6.45) is 3.22. The Morgan fingerprint density at radius 1 is 1.78 bits per heavy atom. The van der Waals surface area contributed by atoms with Crippen molar-refractivity contribution >= 4 is 0 Å². The summed E-state index contributed by atoms with van der Waals surface area (Å²) in [4.78, 5) is 9.81. The van der Waals surface area contributed by atoms with E-state index in [1.165, 1.54) is 11.2 Å². The van der Waals surface area contributed by atoms with Gasteiger partial charge in [-0.1, -0.05) is 0 Å². The van der Waals surface area contributed by atoms with Crippen molar-refractivity contribution in [2.75, 3.05) is 6.54 Å². The predicted octanol–water partition coefficient (Wildman–Crippen LogP) is 0.248. The molecule has 0 aromatic carbocycles. The van der Waals surface area contributed by atoms with Crippen molar-refractivity contribution in [1.82, 2.24) is 5.01 Å². The Kier molecular flexibility index (Phi) is 1.79. The molecule has 0 bridgehead atoms. The van der Waals surface area contributed by atoms with E-state index < -0.39 is 6.10 Å². The van der Waals surface area contributed by atoms with Crippen LogP contribution in [0.4, 0.5) is 0 Å². The highest BCUT2D eigenvalue weighted by molar-refractivity contribution is 4.92. The van der Waals surface area contributed by atoms with E-state index in [-0.39, 0.29) is 0 Å². The molecule has 1 unspecified atom stereocenters. The van der Waals surface area contributed by atoms with E-state index >= 15 is 0 Å². The van der Waals surface area contributed by atoms with Crippen LogP contribution in [0.3, 0.4) is 0 Å². The first-order valence-corrected chi connectivity index (χ1v) is 2.79. The maximum Gasteiger partial charge on any atom is 0.0756 e. The van der Waals surface area contributed by atoms with Crippen LogP contribution in [-0.2, 0) is 0 Å². The van der Waals surface area contributed by atoms with Crippen LogP contribution in [0.25, 0.3) is 0 Å². The number of nitrogens with zero attached hydrogens (tertiary/aromatic N) is 2. The smallest absolute Gasteiger partial charge is 0.0756 e. The molecule has 1 rings (SSSR count). The van der Waals surface area contributed by atoms with Crippen molar-refractivity contribution in [3.63, 3.8) is 0 Å². The third-order valence-electron chi connectivity index (χ3n) is 1.24. The van der Waals surface area contributed by atoms with Gasteiger partial charge in [0, 0.05) is 12.7 Å². The Balaban J connectivity index is 2.47. The summed E-state index contributed by atoms with van der Waals surface area (Å²) in [7, 11) is 0. The summed E-state index contributed by atoms with van der Waals surface area (Å²) in [5.74, 6) is 0. The lowest BCUT2D eigenvalue weighted by Gasteiger charge is -2.16. The molecule has 50 valence electrons. The van der Waals surface area contributed by atoms with Crippen LogP contribution in [0.1, 0.15) is 6.42 Å². The van der Waals surface area contributed by atoms with Gasteiger partial charge in [0.2, 0.25) is 0 Å². The molecular formula is C5H8N2O2. The standard InChI is InChI=1S/C5H8N2O2/c8-5-1-3-7(6-9)4-2-5/h1,3,5,8H,2,4H2. The summed E-state index contributed by atoms with van der Waals surface area (Å²) in [5.41, 5.74) is 0. The second-order valence-corrected chi connectivity index (χ2v) is 1.94. The third-order valence-corrected chi connectivity index (χ3v) is 1.24. The lowest BCUT2D eigenvalue weighted by molar-refractivity contribution is 0.178. The Labute approximate surface area is 52.7 Å². The molecule has 1 heterocycles. The summed E-state index contributed by atoms with van der Waals surface area (Å²) < 4.78 is 0. The van der Waals surface area contributed by atoms with Crippen LogP contribution in [-0.4, -0.2) is 22.8 Å². The van der Waals surface area contributed by atoms with Gasteiger partial charge >= 0.3 is 0 Å². The maximum absolute atomic E-state index is 9.81. The molecule has 0 fully saturated rings. The van der Waals surface area contributed by atoms with Crippen molar-refractivity contribution < 1.29 is 5.11 Å². The van der Waals surface area contributed by atoms with Crippen LogP contribution >= 0.6 is 0 Å². The Morgan fingerprint density at radius 2 is 2.56 bits per heavy atom. The minimum Gasteiger partial charge on any atom is -0.389 e. The van der Waals surface area contributed by atoms with Gasteiger partial charge in [-0.25, -0.2) is 5.01 Å². The van der Waals surface area contributed by atoms with Gasteiger partial charge in [0.05, 0.1) is 11.4 Å². The highest BCUT2D eigenvalue weighted by Gasteiger charge is 2.08. The maximum atomic E-state index is 9.81. The summed E-state index contributed by atoms with van der Waals surface area (Å²) in [6.45, 7) is 0.515. The van der Waals surface area contributed by atoms with Gasteiger partial charge in [0.15, 0.2) is 0 Å². The van der Waals surface area contributed by atoms with E-state index in [9.17, 15) is 4.91 Å². The zero-order valence-electron chi connectivity index (χ0n) is 4.90. The number of nitroso groups, excluding NO2 is 1. The van der Waals surface area contributed by atoms with Gasteiger partial charge in [-0.2, -0.15) is 0 Å². The van der Waals surface area contributed by atoms with E-state index in [2.05, 4.69) is 5.29 Å². The number of hydrogen-bond acceptors (Lipinski definition) is 3. The molecule has 1 aliphatic heterocycles. The molecule has 0 saturated heterocycles.